The molecule has 0 radical (unpaired) electrons. The van der Waals surface area contributed by atoms with Gasteiger partial charge in [0.1, 0.15) is 5.82 Å². The van der Waals surface area contributed by atoms with Crippen molar-refractivity contribution >= 4 is 17.6 Å². The maximum atomic E-state index is 13.1. The van der Waals surface area contributed by atoms with Crippen molar-refractivity contribution in [1.82, 2.24) is 0 Å². The Kier molecular flexibility index (Phi) is 6.28. The van der Waals surface area contributed by atoms with Crippen LogP contribution in [0.2, 0.25) is 0 Å². The van der Waals surface area contributed by atoms with E-state index in [0.717, 1.165) is 0 Å². The molecule has 2 rings (SSSR count). The Balaban J connectivity index is 1.87. The molecule has 0 aromatic heterocycles. The number of esters is 1. The van der Waals surface area contributed by atoms with Gasteiger partial charge in [0, 0.05) is 5.69 Å². The van der Waals surface area contributed by atoms with Gasteiger partial charge in [-0.3, -0.25) is 9.59 Å². The van der Waals surface area contributed by atoms with Crippen LogP contribution in [0.5, 0.6) is 0 Å². The highest BCUT2D eigenvalue weighted by Crippen LogP contribution is 2.17. The van der Waals surface area contributed by atoms with Gasteiger partial charge in [-0.05, 0) is 48.2 Å². The zero-order valence-corrected chi connectivity index (χ0v) is 14.6. The summed E-state index contributed by atoms with van der Waals surface area (Å²) in [5.41, 5.74) is 2.32. The third kappa shape index (κ3) is 5.71. The molecule has 0 heterocycles. The second-order valence-electron chi connectivity index (χ2n) is 6.20. The Morgan fingerprint density at radius 3 is 2.36 bits per heavy atom. The summed E-state index contributed by atoms with van der Waals surface area (Å²) < 4.78 is 18.2. The third-order valence-electron chi connectivity index (χ3n) is 3.76. The van der Waals surface area contributed by atoms with Gasteiger partial charge in [-0.25, -0.2) is 4.39 Å². The van der Waals surface area contributed by atoms with Crippen LogP contribution in [-0.2, 0) is 20.7 Å². The zero-order valence-electron chi connectivity index (χ0n) is 14.6. The van der Waals surface area contributed by atoms with Crippen molar-refractivity contribution in [3.05, 3.63) is 65.5 Å². The molecule has 2 aromatic rings. The SMILES string of the molecule is CC(C)c1ccc(NC(=O)[C@H](C)OC(=O)Cc2cccc(F)c2)cc1. The lowest BCUT2D eigenvalue weighted by Gasteiger charge is -2.14. The van der Waals surface area contributed by atoms with E-state index in [-0.39, 0.29) is 6.42 Å². The molecule has 5 heteroatoms. The van der Waals surface area contributed by atoms with Gasteiger partial charge in [-0.1, -0.05) is 38.1 Å². The summed E-state index contributed by atoms with van der Waals surface area (Å²) in [6, 6.07) is 13.2. The number of ether oxygens (including phenoxy) is 1. The van der Waals surface area contributed by atoms with E-state index in [0.29, 0.717) is 17.2 Å². The van der Waals surface area contributed by atoms with E-state index >= 15 is 0 Å². The molecule has 0 fully saturated rings. The normalized spacial score (nSPS) is 11.9. The van der Waals surface area contributed by atoms with Gasteiger partial charge in [0.25, 0.3) is 5.91 Å². The molecule has 1 amide bonds. The Labute approximate surface area is 147 Å². The number of halogens is 1. The lowest BCUT2D eigenvalue weighted by Crippen LogP contribution is -2.30. The van der Waals surface area contributed by atoms with E-state index in [1.54, 1.807) is 6.07 Å². The number of nitrogens with one attached hydrogen (secondary N) is 1. The van der Waals surface area contributed by atoms with E-state index in [2.05, 4.69) is 19.2 Å². The predicted octanol–water partition coefficient (Wildman–Crippen LogP) is 4.06. The molecule has 4 nitrogen and oxygen atoms in total. The van der Waals surface area contributed by atoms with Gasteiger partial charge in [-0.2, -0.15) is 0 Å². The van der Waals surface area contributed by atoms with Crippen molar-refractivity contribution in [2.75, 3.05) is 5.32 Å². The van der Waals surface area contributed by atoms with Gasteiger partial charge in [-0.15, -0.1) is 0 Å². The van der Waals surface area contributed by atoms with Gasteiger partial charge in [0.05, 0.1) is 6.42 Å². The summed E-state index contributed by atoms with van der Waals surface area (Å²) in [4.78, 5) is 24.0. The monoisotopic (exact) mass is 343 g/mol. The number of carbonyl (C=O) groups excluding carboxylic acids is 2. The second kappa shape index (κ2) is 8.42. The van der Waals surface area contributed by atoms with Gasteiger partial charge >= 0.3 is 5.97 Å². The molecule has 1 N–H and O–H groups in total. The number of benzene rings is 2. The van der Waals surface area contributed by atoms with Crippen LogP contribution >= 0.6 is 0 Å². The van der Waals surface area contributed by atoms with Crippen molar-refractivity contribution in [2.45, 2.75) is 39.2 Å². The van der Waals surface area contributed by atoms with E-state index in [4.69, 9.17) is 4.74 Å². The van der Waals surface area contributed by atoms with Crippen LogP contribution in [-0.4, -0.2) is 18.0 Å². The molecule has 25 heavy (non-hydrogen) atoms. The van der Waals surface area contributed by atoms with E-state index in [9.17, 15) is 14.0 Å². The van der Waals surface area contributed by atoms with Gasteiger partial charge in [0.15, 0.2) is 6.10 Å². The molecule has 0 saturated carbocycles. The third-order valence-corrected chi connectivity index (χ3v) is 3.76. The van der Waals surface area contributed by atoms with Crippen molar-refractivity contribution in [3.8, 4) is 0 Å². The summed E-state index contributed by atoms with van der Waals surface area (Å²) in [6.07, 6.45) is -1.02. The summed E-state index contributed by atoms with van der Waals surface area (Å²) in [5, 5.41) is 2.71. The molecule has 0 aliphatic rings. The molecule has 2 aromatic carbocycles. The summed E-state index contributed by atoms with van der Waals surface area (Å²) >= 11 is 0. The Hall–Kier alpha value is -2.69. The Morgan fingerprint density at radius 1 is 1.08 bits per heavy atom. The largest absolute Gasteiger partial charge is 0.452 e. The second-order valence-corrected chi connectivity index (χ2v) is 6.20. The first kappa shape index (κ1) is 18.6. The van der Waals surface area contributed by atoms with E-state index in [1.807, 2.05) is 24.3 Å². The minimum absolute atomic E-state index is 0.0849. The fourth-order valence-electron chi connectivity index (χ4n) is 2.30. The highest BCUT2D eigenvalue weighted by atomic mass is 19.1. The van der Waals surface area contributed by atoms with Crippen LogP contribution in [0.4, 0.5) is 10.1 Å². The standard InChI is InChI=1S/C20H22FNO3/c1-13(2)16-7-9-18(10-8-16)22-20(24)14(3)25-19(23)12-15-5-4-6-17(21)11-15/h4-11,13-14H,12H2,1-3H3,(H,22,24)/t14-/m0/s1. The fraction of sp³-hybridized carbons (Fsp3) is 0.300. The van der Waals surface area contributed by atoms with Crippen LogP contribution in [0.1, 0.15) is 37.8 Å². The smallest absolute Gasteiger partial charge is 0.311 e. The summed E-state index contributed by atoms with van der Waals surface area (Å²) in [5.74, 6) is -0.998. The molecule has 0 unspecified atom stereocenters. The van der Waals surface area contributed by atoms with Crippen LogP contribution in [0.25, 0.3) is 0 Å². The first-order valence-corrected chi connectivity index (χ1v) is 8.20. The van der Waals surface area contributed by atoms with Crippen molar-refractivity contribution in [2.24, 2.45) is 0 Å². The van der Waals surface area contributed by atoms with E-state index < -0.39 is 23.8 Å². The molecule has 0 aliphatic heterocycles. The predicted molar refractivity (Wildman–Crippen MR) is 94.8 cm³/mol. The maximum Gasteiger partial charge on any atom is 0.311 e. The Morgan fingerprint density at radius 2 is 1.76 bits per heavy atom. The molecular weight excluding hydrogens is 321 g/mol. The highest BCUT2D eigenvalue weighted by Gasteiger charge is 2.18. The van der Waals surface area contributed by atoms with Crippen LogP contribution in [0.15, 0.2) is 48.5 Å². The molecule has 0 bridgehead atoms. The number of anilines is 1. The number of carbonyl (C=O) groups is 2. The van der Waals surface area contributed by atoms with Gasteiger partial charge in [0.2, 0.25) is 0 Å². The topological polar surface area (TPSA) is 55.4 Å². The fourth-order valence-corrected chi connectivity index (χ4v) is 2.30. The average Bonchev–Trinajstić information content (AvgIpc) is 2.55. The van der Waals surface area contributed by atoms with Crippen LogP contribution in [0, 0.1) is 5.82 Å². The molecule has 132 valence electrons. The summed E-state index contributed by atoms with van der Waals surface area (Å²) in [7, 11) is 0. The van der Waals surface area contributed by atoms with Crippen molar-refractivity contribution < 1.29 is 18.7 Å². The summed E-state index contributed by atoms with van der Waals surface area (Å²) in [6.45, 7) is 5.68. The molecule has 0 spiro atoms. The lowest BCUT2D eigenvalue weighted by atomic mass is 10.0. The van der Waals surface area contributed by atoms with Crippen molar-refractivity contribution in [1.29, 1.82) is 0 Å². The first-order valence-electron chi connectivity index (χ1n) is 8.20. The molecule has 0 aliphatic carbocycles. The molecule has 0 saturated heterocycles. The highest BCUT2D eigenvalue weighted by molar-refractivity contribution is 5.95. The van der Waals surface area contributed by atoms with Gasteiger partial charge < -0.3 is 10.1 Å². The number of hydrogen-bond acceptors (Lipinski definition) is 3. The maximum absolute atomic E-state index is 13.1. The first-order chi connectivity index (χ1) is 11.8. The minimum Gasteiger partial charge on any atom is -0.452 e. The number of hydrogen-bond donors (Lipinski definition) is 1. The number of rotatable bonds is 6. The Bertz CT molecular complexity index is 741. The quantitative estimate of drug-likeness (QED) is 0.805. The average molecular weight is 343 g/mol. The lowest BCUT2D eigenvalue weighted by molar-refractivity contribution is -0.152. The molecule has 1 atom stereocenters. The van der Waals surface area contributed by atoms with E-state index in [1.165, 1.54) is 30.7 Å². The molecular formula is C20H22FNO3. The van der Waals surface area contributed by atoms with Crippen molar-refractivity contribution in [3.63, 3.8) is 0 Å². The zero-order chi connectivity index (χ0) is 18.4. The number of amides is 1. The minimum atomic E-state index is -0.939. The van der Waals surface area contributed by atoms with Crippen LogP contribution in [0.3, 0.4) is 0 Å². The van der Waals surface area contributed by atoms with Crippen LogP contribution < -0.4 is 5.32 Å².